The highest BCUT2D eigenvalue weighted by atomic mass is 16.6. The van der Waals surface area contributed by atoms with Gasteiger partial charge >= 0.3 is 11.9 Å². The van der Waals surface area contributed by atoms with Gasteiger partial charge in [-0.3, -0.25) is 0 Å². The third kappa shape index (κ3) is 5.19. The van der Waals surface area contributed by atoms with Gasteiger partial charge in [0.1, 0.15) is 12.2 Å². The maximum Gasteiger partial charge on any atom is 0.338 e. The van der Waals surface area contributed by atoms with Crippen molar-refractivity contribution in [1.82, 2.24) is 0 Å². The van der Waals surface area contributed by atoms with Crippen molar-refractivity contribution >= 4 is 11.9 Å². The molecule has 4 nitrogen and oxygen atoms in total. The Morgan fingerprint density at radius 1 is 0.654 bits per heavy atom. The lowest BCUT2D eigenvalue weighted by Crippen LogP contribution is -2.32. The van der Waals surface area contributed by atoms with Crippen LogP contribution >= 0.6 is 0 Å². The van der Waals surface area contributed by atoms with Gasteiger partial charge in [-0.25, -0.2) is 9.59 Å². The predicted molar refractivity (Wildman–Crippen MR) is 101 cm³/mol. The van der Waals surface area contributed by atoms with Crippen molar-refractivity contribution < 1.29 is 19.1 Å². The fourth-order valence-electron chi connectivity index (χ4n) is 2.45. The quantitative estimate of drug-likeness (QED) is 0.704. The first-order valence-corrected chi connectivity index (χ1v) is 8.83. The molecule has 0 aliphatic carbocycles. The van der Waals surface area contributed by atoms with Crippen LogP contribution in [0.5, 0.6) is 0 Å². The van der Waals surface area contributed by atoms with Gasteiger partial charge in [0, 0.05) is 5.92 Å². The van der Waals surface area contributed by atoms with E-state index >= 15 is 0 Å². The minimum atomic E-state index is -0.385. The number of aryl methyl sites for hydroxylation is 2. The molecule has 4 heteroatoms. The summed E-state index contributed by atoms with van der Waals surface area (Å²) in [4.78, 5) is 24.5. The van der Waals surface area contributed by atoms with Gasteiger partial charge in [0.2, 0.25) is 0 Å². The Bertz CT molecular complexity index is 681. The van der Waals surface area contributed by atoms with E-state index in [2.05, 4.69) is 0 Å². The molecule has 138 valence electrons. The van der Waals surface area contributed by atoms with Crippen LogP contribution in [0.1, 0.15) is 52.6 Å². The molecule has 0 radical (unpaired) electrons. The number of ether oxygens (including phenoxy) is 2. The number of carbonyl (C=O) groups is 2. The van der Waals surface area contributed by atoms with Crippen LogP contribution in [0, 0.1) is 19.8 Å². The molecule has 2 rings (SSSR count). The predicted octanol–water partition coefficient (Wildman–Crippen LogP) is 4.73. The van der Waals surface area contributed by atoms with Crippen LogP contribution in [0.25, 0.3) is 0 Å². The summed E-state index contributed by atoms with van der Waals surface area (Å²) in [5.74, 6) is -0.887. The summed E-state index contributed by atoms with van der Waals surface area (Å²) in [5, 5.41) is 0. The second-order valence-electron chi connectivity index (χ2n) is 6.81. The van der Waals surface area contributed by atoms with E-state index in [-0.39, 0.29) is 30.1 Å². The van der Waals surface area contributed by atoms with Gasteiger partial charge in [-0.15, -0.1) is 0 Å². The molecule has 0 aromatic heterocycles. The van der Waals surface area contributed by atoms with Crippen LogP contribution in [-0.4, -0.2) is 24.1 Å². The average molecular weight is 354 g/mol. The van der Waals surface area contributed by atoms with E-state index < -0.39 is 0 Å². The maximum atomic E-state index is 12.2. The molecule has 0 N–H and O–H groups in total. The van der Waals surface area contributed by atoms with E-state index in [1.807, 2.05) is 58.9 Å². The summed E-state index contributed by atoms with van der Waals surface area (Å²) in [6.07, 6.45) is -0.769. The minimum Gasteiger partial charge on any atom is -0.459 e. The Hall–Kier alpha value is -2.62. The fourth-order valence-corrected chi connectivity index (χ4v) is 2.45. The second-order valence-corrected chi connectivity index (χ2v) is 6.81. The highest BCUT2D eigenvalue weighted by molar-refractivity contribution is 5.90. The Morgan fingerprint density at radius 3 is 1.27 bits per heavy atom. The Kier molecular flexibility index (Phi) is 6.56. The van der Waals surface area contributed by atoms with Crippen LogP contribution in [-0.2, 0) is 9.47 Å². The number of esters is 2. The molecule has 0 fully saturated rings. The molecule has 0 spiro atoms. The van der Waals surface area contributed by atoms with Crippen LogP contribution in [0.3, 0.4) is 0 Å². The largest absolute Gasteiger partial charge is 0.459 e. The van der Waals surface area contributed by atoms with Crippen molar-refractivity contribution in [3.8, 4) is 0 Å². The number of hydrogen-bond donors (Lipinski definition) is 0. The van der Waals surface area contributed by atoms with Gasteiger partial charge in [-0.05, 0) is 52.0 Å². The Morgan fingerprint density at radius 2 is 0.962 bits per heavy atom. The van der Waals surface area contributed by atoms with E-state index in [0.717, 1.165) is 11.1 Å². The lowest BCUT2D eigenvalue weighted by atomic mass is 10.00. The first-order valence-electron chi connectivity index (χ1n) is 8.83. The van der Waals surface area contributed by atoms with E-state index in [9.17, 15) is 9.59 Å². The van der Waals surface area contributed by atoms with E-state index in [0.29, 0.717) is 11.1 Å². The smallest absolute Gasteiger partial charge is 0.338 e. The number of rotatable bonds is 6. The van der Waals surface area contributed by atoms with Gasteiger partial charge < -0.3 is 9.47 Å². The van der Waals surface area contributed by atoms with Crippen molar-refractivity contribution in [2.24, 2.45) is 5.92 Å². The second kappa shape index (κ2) is 8.65. The van der Waals surface area contributed by atoms with E-state index in [1.54, 1.807) is 24.3 Å². The molecule has 0 saturated carbocycles. The normalized spacial score (nSPS) is 14.2. The molecular weight excluding hydrogens is 328 g/mol. The molecule has 2 aromatic rings. The summed E-state index contributed by atoms with van der Waals surface area (Å²) in [6, 6.07) is 14.5. The van der Waals surface area contributed by atoms with Crippen LogP contribution in [0.4, 0.5) is 0 Å². The van der Waals surface area contributed by atoms with Gasteiger partial charge in [0.05, 0.1) is 11.1 Å². The highest BCUT2D eigenvalue weighted by Crippen LogP contribution is 2.18. The Balaban J connectivity index is 1.92. The van der Waals surface area contributed by atoms with Crippen molar-refractivity contribution in [2.45, 2.75) is 46.8 Å². The molecule has 0 aliphatic heterocycles. The summed E-state index contributed by atoms with van der Waals surface area (Å²) < 4.78 is 11.1. The third-order valence-corrected chi connectivity index (χ3v) is 4.64. The minimum absolute atomic E-state index is 0.140. The number of hydrogen-bond acceptors (Lipinski definition) is 4. The summed E-state index contributed by atoms with van der Waals surface area (Å²) in [5.41, 5.74) is 3.19. The zero-order valence-corrected chi connectivity index (χ0v) is 16.0. The average Bonchev–Trinajstić information content (AvgIpc) is 2.61. The topological polar surface area (TPSA) is 52.6 Å². The number of carbonyl (C=O) groups excluding carboxylic acids is 2. The monoisotopic (exact) mass is 354 g/mol. The van der Waals surface area contributed by atoms with Crippen LogP contribution in [0.2, 0.25) is 0 Å². The van der Waals surface area contributed by atoms with Crippen molar-refractivity contribution in [1.29, 1.82) is 0 Å². The Labute approximate surface area is 155 Å². The van der Waals surface area contributed by atoms with Gasteiger partial charge in [0.25, 0.3) is 0 Å². The van der Waals surface area contributed by atoms with Gasteiger partial charge in [0.15, 0.2) is 0 Å². The third-order valence-electron chi connectivity index (χ3n) is 4.64. The fraction of sp³-hybridized carbons (Fsp3) is 0.364. The van der Waals surface area contributed by atoms with Gasteiger partial charge in [-0.2, -0.15) is 0 Å². The lowest BCUT2D eigenvalue weighted by molar-refractivity contribution is -0.0174. The zero-order valence-electron chi connectivity index (χ0n) is 16.0. The molecule has 0 bridgehead atoms. The van der Waals surface area contributed by atoms with Gasteiger partial charge in [-0.1, -0.05) is 42.3 Å². The van der Waals surface area contributed by atoms with E-state index in [1.165, 1.54) is 0 Å². The summed E-state index contributed by atoms with van der Waals surface area (Å²) in [6.45, 7) is 9.45. The molecule has 0 amide bonds. The van der Waals surface area contributed by atoms with Crippen LogP contribution < -0.4 is 0 Å². The molecule has 26 heavy (non-hydrogen) atoms. The van der Waals surface area contributed by atoms with Crippen molar-refractivity contribution in [3.63, 3.8) is 0 Å². The standard InChI is InChI=1S/C22H26O4/c1-14-6-10-19(11-7-14)21(23)25-17(4)16(3)18(5)26-22(24)20-12-8-15(2)9-13-20/h6-13,16-18H,1-5H3. The highest BCUT2D eigenvalue weighted by Gasteiger charge is 2.26. The van der Waals surface area contributed by atoms with Crippen molar-refractivity contribution in [3.05, 3.63) is 70.8 Å². The van der Waals surface area contributed by atoms with E-state index in [4.69, 9.17) is 9.47 Å². The van der Waals surface area contributed by atoms with Crippen LogP contribution in [0.15, 0.2) is 48.5 Å². The molecular formula is C22H26O4. The molecule has 2 unspecified atom stereocenters. The first kappa shape index (κ1) is 19.7. The molecule has 2 aromatic carbocycles. The molecule has 0 saturated heterocycles. The lowest BCUT2D eigenvalue weighted by Gasteiger charge is -2.26. The summed E-state index contributed by atoms with van der Waals surface area (Å²) >= 11 is 0. The first-order chi connectivity index (χ1) is 12.3. The molecule has 0 aliphatic rings. The van der Waals surface area contributed by atoms with Crippen molar-refractivity contribution in [2.75, 3.05) is 0 Å². The summed E-state index contributed by atoms with van der Waals surface area (Å²) in [7, 11) is 0. The zero-order chi connectivity index (χ0) is 19.3. The maximum absolute atomic E-state index is 12.2. The molecule has 2 atom stereocenters. The molecule has 0 heterocycles. The number of benzene rings is 2. The SMILES string of the molecule is Cc1ccc(C(=O)OC(C)C(C)C(C)OC(=O)c2ccc(C)cc2)cc1.